The summed E-state index contributed by atoms with van der Waals surface area (Å²) < 4.78 is 120. The molecule has 114 heavy (non-hydrogen) atoms. The Labute approximate surface area is 645 Å². The van der Waals surface area contributed by atoms with Gasteiger partial charge in [-0.05, 0) is 12.1 Å². The lowest BCUT2D eigenvalue weighted by molar-refractivity contribution is -1.13. The molecule has 6 saturated heterocycles. The van der Waals surface area contributed by atoms with E-state index in [4.69, 9.17) is 0 Å². The molecule has 6 aliphatic heterocycles. The van der Waals surface area contributed by atoms with E-state index >= 15 is 26.3 Å². The van der Waals surface area contributed by atoms with Crippen LogP contribution < -0.4 is 31.9 Å². The Morgan fingerprint density at radius 2 is 0.412 bits per heavy atom. The van der Waals surface area contributed by atoms with Gasteiger partial charge in [-0.25, -0.2) is 66.4 Å². The Morgan fingerprint density at radius 1 is 0.246 bits per heavy atom. The number of rotatable bonds is 24. The number of fused-ring (bicyclic) bond motifs is 6. The third kappa shape index (κ3) is 15.2. The minimum Gasteiger partial charge on any atom is -0.507 e. The molecule has 0 saturated carbocycles. The van der Waals surface area contributed by atoms with Crippen LogP contribution in [0.3, 0.4) is 0 Å². The maximum atomic E-state index is 15.5. The topological polar surface area (TPSA) is 417 Å². The molecule has 0 spiro atoms. The number of likely N-dealkylation sites (tertiary alicyclic amines) is 6. The van der Waals surface area contributed by atoms with Crippen LogP contribution in [-0.2, 0) is 0 Å². The zero-order valence-corrected chi connectivity index (χ0v) is 61.9. The van der Waals surface area contributed by atoms with Crippen molar-refractivity contribution in [3.8, 4) is 34.5 Å². The van der Waals surface area contributed by atoms with Crippen molar-refractivity contribution in [2.75, 3.05) is 189 Å². The summed E-state index contributed by atoms with van der Waals surface area (Å²) in [6.07, 6.45) is 8.09. The van der Waals surface area contributed by atoms with Gasteiger partial charge in [-0.15, -0.1) is 0 Å². The zero-order chi connectivity index (χ0) is 82.1. The first kappa shape index (κ1) is 81.9. The van der Waals surface area contributed by atoms with Gasteiger partial charge in [0.15, 0.2) is 58.0 Å². The highest BCUT2D eigenvalue weighted by Crippen LogP contribution is 2.50. The SMILES string of the molecule is O=C1c2c(O)cc(F)c(O)c2C(=O)c2c(NCC[N+]3(O)CCC3)c(F)c(F)c(NCC[N+]3(O)CCC3)c21.O=C1c2c(O)cc(F)c(O)c2C(=O)c2c(NCC[N+]3(O)CCCC3)c(F)c(F)c(NCC[N+]3(O)CCCC3)c21.O=C1c2c(O)ccc(O)c2C(=O)c2c(NCC[N+]3(O)CCCC3)c(F)c(F)c(NCC[N+]3(O)CCCC3)c21. The van der Waals surface area contributed by atoms with Crippen molar-refractivity contribution in [3.05, 3.63) is 138 Å². The molecule has 0 aromatic heterocycles. The first-order valence-corrected chi connectivity index (χ1v) is 37.9. The Kier molecular flexibility index (Phi) is 22.7. The first-order chi connectivity index (χ1) is 54.0. The summed E-state index contributed by atoms with van der Waals surface area (Å²) in [5, 5.41) is 141. The number of halogens is 8. The highest BCUT2D eigenvalue weighted by atomic mass is 19.2. The Hall–Kier alpha value is -10.1. The van der Waals surface area contributed by atoms with Crippen LogP contribution in [0.2, 0.25) is 0 Å². The zero-order valence-electron chi connectivity index (χ0n) is 61.9. The quantitative estimate of drug-likeness (QED) is 0.0153. The molecule has 6 heterocycles. The van der Waals surface area contributed by atoms with Crippen molar-refractivity contribution in [2.24, 2.45) is 0 Å². The van der Waals surface area contributed by atoms with Crippen LogP contribution in [0.4, 0.5) is 69.2 Å². The second kappa shape index (κ2) is 31.6. The molecule has 38 heteroatoms. The van der Waals surface area contributed by atoms with Crippen LogP contribution in [-0.4, -0.2) is 282 Å². The van der Waals surface area contributed by atoms with Crippen LogP contribution in [0, 0.1) is 46.5 Å². The minimum atomic E-state index is -1.49. The van der Waals surface area contributed by atoms with Gasteiger partial charge in [-0.3, -0.25) is 28.8 Å². The number of hydrogen-bond acceptors (Lipinski definition) is 24. The van der Waals surface area contributed by atoms with Crippen molar-refractivity contribution in [1.82, 2.24) is 0 Å². The molecule has 9 aliphatic rings. The van der Waals surface area contributed by atoms with Crippen molar-refractivity contribution in [1.29, 1.82) is 0 Å². The van der Waals surface area contributed by atoms with Gasteiger partial charge in [0.2, 0.25) is 34.7 Å². The maximum absolute atomic E-state index is 15.5. The number of phenolic OH excluding ortho intramolecular Hbond substituents is 6. The lowest BCUT2D eigenvalue weighted by atomic mass is 9.80. The van der Waals surface area contributed by atoms with Crippen molar-refractivity contribution in [3.63, 3.8) is 0 Å². The Bertz CT molecular complexity index is 4850. The number of benzene rings is 6. The molecule has 6 aromatic rings. The predicted octanol–water partition coefficient (Wildman–Crippen LogP) is 8.42. The van der Waals surface area contributed by atoms with E-state index < -0.39 is 217 Å². The second-order valence-corrected chi connectivity index (χ2v) is 30.9. The van der Waals surface area contributed by atoms with Crippen molar-refractivity contribution >= 4 is 68.8 Å². The van der Waals surface area contributed by atoms with Crippen molar-refractivity contribution in [2.45, 2.75) is 64.2 Å². The molecule has 3 aliphatic carbocycles. The highest BCUT2D eigenvalue weighted by molar-refractivity contribution is 6.36. The molecular weight excluding hydrogens is 1520 g/mol. The number of nitrogens with one attached hydrogen (secondary N) is 6. The van der Waals surface area contributed by atoms with Gasteiger partial charge < -0.3 is 62.5 Å². The van der Waals surface area contributed by atoms with Gasteiger partial charge in [0, 0.05) is 63.5 Å². The second-order valence-electron chi connectivity index (χ2n) is 30.9. The fourth-order valence-corrected chi connectivity index (χ4v) is 16.8. The first-order valence-electron chi connectivity index (χ1n) is 37.9. The van der Waals surface area contributed by atoms with E-state index in [9.17, 15) is 99.4 Å². The number of phenols is 6. The van der Waals surface area contributed by atoms with Gasteiger partial charge in [0.05, 0.1) is 153 Å². The summed E-state index contributed by atoms with van der Waals surface area (Å²) in [5.74, 6) is -23.4. The number of carbonyl (C=O) groups excluding carboxylic acids is 6. The number of nitrogens with zero attached hydrogens (tertiary/aromatic N) is 6. The molecule has 612 valence electrons. The minimum absolute atomic E-state index is 0.0169. The van der Waals surface area contributed by atoms with Crippen LogP contribution in [0.15, 0.2) is 24.3 Å². The van der Waals surface area contributed by atoms with E-state index in [1.807, 2.05) is 0 Å². The predicted molar refractivity (Wildman–Crippen MR) is 386 cm³/mol. The number of aromatic hydroxyl groups is 6. The molecule has 0 bridgehead atoms. The third-order valence-corrected chi connectivity index (χ3v) is 23.4. The highest BCUT2D eigenvalue weighted by Gasteiger charge is 2.48. The average molecular weight is 1610 g/mol. The van der Waals surface area contributed by atoms with E-state index in [2.05, 4.69) is 31.9 Å². The summed E-state index contributed by atoms with van der Waals surface area (Å²) in [5.41, 5.74) is -11.3. The van der Waals surface area contributed by atoms with Crippen LogP contribution in [0.1, 0.15) is 160 Å². The van der Waals surface area contributed by atoms with Gasteiger partial charge >= 0.3 is 0 Å². The van der Waals surface area contributed by atoms with Gasteiger partial charge in [0.25, 0.3) is 0 Å². The number of carbonyl (C=O) groups is 6. The third-order valence-electron chi connectivity index (χ3n) is 23.4. The molecule has 18 N–H and O–H groups in total. The largest absolute Gasteiger partial charge is 0.507 e. The maximum Gasteiger partial charge on any atom is 0.200 e. The van der Waals surface area contributed by atoms with E-state index in [0.29, 0.717) is 90.7 Å². The monoisotopic (exact) mass is 1610 g/mol. The summed E-state index contributed by atoms with van der Waals surface area (Å²) >= 11 is 0. The summed E-state index contributed by atoms with van der Waals surface area (Å²) in [6.45, 7) is 6.27. The normalized spacial score (nSPS) is 19.2. The van der Waals surface area contributed by atoms with Gasteiger partial charge in [-0.1, -0.05) is 0 Å². The molecule has 30 nitrogen and oxygen atoms in total. The van der Waals surface area contributed by atoms with Crippen LogP contribution >= 0.6 is 0 Å². The Balaban J connectivity index is 0.000000149. The molecule has 6 aromatic carbocycles. The molecule has 6 fully saturated rings. The number of hydroxylamine groups is 18. The van der Waals surface area contributed by atoms with E-state index in [1.165, 1.54) is 0 Å². The number of hydrogen-bond donors (Lipinski definition) is 18. The summed E-state index contributed by atoms with van der Waals surface area (Å²) in [4.78, 5) is 81.4. The van der Waals surface area contributed by atoms with Gasteiger partial charge in [0.1, 0.15) is 141 Å². The van der Waals surface area contributed by atoms with E-state index in [-0.39, 0.29) is 106 Å². The Morgan fingerprint density at radius 3 is 0.588 bits per heavy atom. The fraction of sp³-hybridized carbons (Fsp3) is 0.447. The van der Waals surface area contributed by atoms with Gasteiger partial charge in [-0.2, -0.15) is 27.9 Å². The molecule has 0 unspecified atom stereocenters. The average Bonchev–Trinajstić information content (AvgIpc) is 0.819. The molecule has 15 rings (SSSR count). The summed E-state index contributed by atoms with van der Waals surface area (Å²) in [7, 11) is 0. The fourth-order valence-electron chi connectivity index (χ4n) is 16.8. The molecule has 0 radical (unpaired) electrons. The number of anilines is 6. The van der Waals surface area contributed by atoms with Crippen molar-refractivity contribution < 1.29 is 154 Å². The molecular formula is C76H90F8N12O18+6. The standard InChI is InChI=1S/C26H29F3N4O6.C26H30F2N4O6.C24H25F3N4O6/c27-14-13-15(34)16-19(24(14)35)26(37)18-17(25(16)36)22(30-5-11-32(38)7-1-2-8-32)20(28)21(29)23(18)31-6-12-33(39)9-3-4-10-33;27-21-22(28)24(30-8-14-32(38)11-3-4-12-32)20-19(23(21)29-7-13-31(37)9-1-2-10-31)25(35)17-15(33)5-6-16(34)18(17)26(20)36;25-12-11-13(32)14-17(22(12)33)24(35)16-15(23(14)34)20(28-3-9-30(36)5-1-6-30)18(26)19(27)21(16)29-4-10-31(37)7-2-8-31/h13,38-39H,1-12H2,(H2-2,30,31,34,35,36,37);5-6,37-38H,1-4,7-14H2,(H2-2,29,30,33,34,35,36);11,36-37H,1-10H2,(H2-2,28,29,32,33,34,35)/p+6. The number of ketones is 6. The van der Waals surface area contributed by atoms with Crippen LogP contribution in [0.25, 0.3) is 0 Å². The number of quaternary nitrogens is 6. The molecule has 0 atom stereocenters. The molecule has 0 amide bonds. The lowest BCUT2D eigenvalue weighted by Gasteiger charge is -2.37. The van der Waals surface area contributed by atoms with E-state index in [0.717, 1.165) is 76.3 Å². The lowest BCUT2D eigenvalue weighted by Crippen LogP contribution is -2.57. The summed E-state index contributed by atoms with van der Waals surface area (Å²) in [6, 6.07) is 3.01. The van der Waals surface area contributed by atoms with E-state index in [1.54, 1.807) is 0 Å². The smallest absolute Gasteiger partial charge is 0.200 e. The van der Waals surface area contributed by atoms with Crippen LogP contribution in [0.5, 0.6) is 34.5 Å².